The van der Waals surface area contributed by atoms with Crippen molar-refractivity contribution in [3.8, 4) is 0 Å². The lowest BCUT2D eigenvalue weighted by Crippen LogP contribution is -1.80. The Bertz CT molecular complexity index is 136. The summed E-state index contributed by atoms with van der Waals surface area (Å²) in [6.45, 7) is 2.23. The van der Waals surface area contributed by atoms with Crippen molar-refractivity contribution in [3.63, 3.8) is 0 Å². The van der Waals surface area contributed by atoms with Crippen LogP contribution in [-0.4, -0.2) is 6.29 Å². The average molecular weight is 124 g/mol. The van der Waals surface area contributed by atoms with Crippen molar-refractivity contribution in [2.24, 2.45) is 5.92 Å². The molecule has 0 spiro atoms. The Kier molecular flexibility index (Phi) is 2.04. The third kappa shape index (κ3) is 1.67. The van der Waals surface area contributed by atoms with E-state index in [4.69, 9.17) is 0 Å². The Labute approximate surface area is 55.8 Å². The first-order valence-electron chi connectivity index (χ1n) is 3.46. The van der Waals surface area contributed by atoms with Crippen LogP contribution < -0.4 is 0 Å². The molecule has 0 bridgehead atoms. The Hall–Kier alpha value is -0.590. The van der Waals surface area contributed by atoms with Gasteiger partial charge in [-0.25, -0.2) is 0 Å². The molecule has 1 unspecified atom stereocenters. The average Bonchev–Trinajstić information content (AvgIpc) is 2.17. The second-order valence-corrected chi connectivity index (χ2v) is 2.81. The Balaban J connectivity index is 2.47. The number of aldehydes is 1. The highest BCUT2D eigenvalue weighted by atomic mass is 16.1. The largest absolute Gasteiger partial charge is 0.299 e. The number of hydrogen-bond acceptors (Lipinski definition) is 1. The second kappa shape index (κ2) is 2.81. The molecule has 1 atom stereocenters. The lowest BCUT2D eigenvalue weighted by atomic mass is 10.1. The van der Waals surface area contributed by atoms with Crippen molar-refractivity contribution in [2.45, 2.75) is 26.2 Å². The van der Waals surface area contributed by atoms with Gasteiger partial charge < -0.3 is 0 Å². The Morgan fingerprint density at radius 3 is 2.89 bits per heavy atom. The number of carbonyl (C=O) groups excluding carboxylic acids is 1. The summed E-state index contributed by atoms with van der Waals surface area (Å²) in [5.74, 6) is 0.802. The fraction of sp³-hybridized carbons (Fsp3) is 0.625. The molecule has 1 heteroatoms. The van der Waals surface area contributed by atoms with Crippen LogP contribution in [0.5, 0.6) is 0 Å². The second-order valence-electron chi connectivity index (χ2n) is 2.81. The van der Waals surface area contributed by atoms with Crippen LogP contribution in [-0.2, 0) is 4.79 Å². The van der Waals surface area contributed by atoms with Crippen LogP contribution in [0.15, 0.2) is 11.6 Å². The van der Waals surface area contributed by atoms with Gasteiger partial charge in [-0.2, -0.15) is 0 Å². The fourth-order valence-corrected chi connectivity index (χ4v) is 1.33. The minimum Gasteiger partial charge on any atom is -0.299 e. The number of hydrogen-bond donors (Lipinski definition) is 0. The van der Waals surface area contributed by atoms with Crippen molar-refractivity contribution in [2.75, 3.05) is 0 Å². The van der Waals surface area contributed by atoms with Gasteiger partial charge in [0, 0.05) is 0 Å². The third-order valence-corrected chi connectivity index (χ3v) is 1.87. The number of allylic oxidation sites excluding steroid dienone is 2. The van der Waals surface area contributed by atoms with Gasteiger partial charge in [-0.15, -0.1) is 0 Å². The molecular weight excluding hydrogens is 112 g/mol. The highest BCUT2D eigenvalue weighted by Gasteiger charge is 2.13. The predicted molar refractivity (Wildman–Crippen MR) is 37.2 cm³/mol. The molecule has 1 aliphatic carbocycles. The lowest BCUT2D eigenvalue weighted by Gasteiger charge is -1.93. The van der Waals surface area contributed by atoms with Crippen LogP contribution in [0.3, 0.4) is 0 Å². The van der Waals surface area contributed by atoms with E-state index in [0.29, 0.717) is 0 Å². The molecule has 50 valence electrons. The highest BCUT2D eigenvalue weighted by molar-refractivity contribution is 5.66. The standard InChI is InChI=1S/C8H12O/c1-7-2-3-8(6-7)4-5-9/h4-5,7H,2-3,6H2,1H3/b8-4+. The summed E-state index contributed by atoms with van der Waals surface area (Å²) in [5, 5.41) is 0. The molecule has 0 N–H and O–H groups in total. The maximum Gasteiger partial charge on any atom is 0.142 e. The van der Waals surface area contributed by atoms with Gasteiger partial charge in [0.15, 0.2) is 0 Å². The molecule has 0 heterocycles. The highest BCUT2D eigenvalue weighted by Crippen LogP contribution is 2.28. The molecular formula is C8H12O. The van der Waals surface area contributed by atoms with Gasteiger partial charge in [0.05, 0.1) is 0 Å². The van der Waals surface area contributed by atoms with E-state index in [0.717, 1.165) is 25.0 Å². The predicted octanol–water partition coefficient (Wildman–Crippen LogP) is 1.93. The quantitative estimate of drug-likeness (QED) is 0.385. The molecule has 1 saturated carbocycles. The minimum absolute atomic E-state index is 0.802. The maximum atomic E-state index is 9.99. The molecule has 1 fully saturated rings. The number of rotatable bonds is 1. The normalized spacial score (nSPS) is 31.2. The van der Waals surface area contributed by atoms with Gasteiger partial charge >= 0.3 is 0 Å². The van der Waals surface area contributed by atoms with Crippen LogP contribution in [0, 0.1) is 5.92 Å². The van der Waals surface area contributed by atoms with Crippen LogP contribution in [0.4, 0.5) is 0 Å². The van der Waals surface area contributed by atoms with Gasteiger partial charge in [-0.1, -0.05) is 12.5 Å². The van der Waals surface area contributed by atoms with E-state index in [-0.39, 0.29) is 0 Å². The summed E-state index contributed by atoms with van der Waals surface area (Å²) >= 11 is 0. The summed E-state index contributed by atoms with van der Waals surface area (Å²) in [6.07, 6.45) is 6.15. The van der Waals surface area contributed by atoms with Gasteiger partial charge in [0.1, 0.15) is 6.29 Å². The summed E-state index contributed by atoms with van der Waals surface area (Å²) in [7, 11) is 0. The molecule has 0 amide bonds. The minimum atomic E-state index is 0.802. The first kappa shape index (κ1) is 6.53. The molecule has 0 aliphatic heterocycles. The smallest absolute Gasteiger partial charge is 0.142 e. The summed E-state index contributed by atoms with van der Waals surface area (Å²) < 4.78 is 0. The van der Waals surface area contributed by atoms with Crippen molar-refractivity contribution >= 4 is 6.29 Å². The molecule has 0 aromatic heterocycles. The van der Waals surface area contributed by atoms with Crippen molar-refractivity contribution in [1.29, 1.82) is 0 Å². The fourth-order valence-electron chi connectivity index (χ4n) is 1.33. The maximum absolute atomic E-state index is 9.99. The van der Waals surface area contributed by atoms with Crippen molar-refractivity contribution in [3.05, 3.63) is 11.6 Å². The van der Waals surface area contributed by atoms with Gasteiger partial charge in [-0.3, -0.25) is 4.79 Å². The Morgan fingerprint density at radius 2 is 2.44 bits per heavy atom. The van der Waals surface area contributed by atoms with E-state index in [2.05, 4.69) is 6.92 Å². The van der Waals surface area contributed by atoms with Crippen LogP contribution in [0.25, 0.3) is 0 Å². The van der Waals surface area contributed by atoms with E-state index in [1.807, 2.05) is 0 Å². The lowest BCUT2D eigenvalue weighted by molar-refractivity contribution is -0.104. The molecule has 0 aromatic rings. The van der Waals surface area contributed by atoms with E-state index in [1.165, 1.54) is 12.0 Å². The Morgan fingerprint density at radius 1 is 1.67 bits per heavy atom. The third-order valence-electron chi connectivity index (χ3n) is 1.87. The molecule has 0 saturated heterocycles. The van der Waals surface area contributed by atoms with E-state index in [1.54, 1.807) is 6.08 Å². The summed E-state index contributed by atoms with van der Waals surface area (Å²) in [4.78, 5) is 9.99. The van der Waals surface area contributed by atoms with E-state index in [9.17, 15) is 4.79 Å². The van der Waals surface area contributed by atoms with Gasteiger partial charge in [0.25, 0.3) is 0 Å². The van der Waals surface area contributed by atoms with Crippen LogP contribution in [0.2, 0.25) is 0 Å². The number of carbonyl (C=O) groups is 1. The molecule has 0 radical (unpaired) electrons. The zero-order chi connectivity index (χ0) is 6.69. The van der Waals surface area contributed by atoms with Crippen LogP contribution >= 0.6 is 0 Å². The molecule has 1 nitrogen and oxygen atoms in total. The molecule has 1 rings (SSSR count). The van der Waals surface area contributed by atoms with Crippen molar-refractivity contribution in [1.82, 2.24) is 0 Å². The topological polar surface area (TPSA) is 17.1 Å². The molecule has 1 aliphatic rings. The SMILES string of the molecule is CC1CC/C(=C\C=O)C1. The van der Waals surface area contributed by atoms with E-state index < -0.39 is 0 Å². The van der Waals surface area contributed by atoms with Crippen LogP contribution in [0.1, 0.15) is 26.2 Å². The van der Waals surface area contributed by atoms with Gasteiger partial charge in [-0.05, 0) is 31.3 Å². The van der Waals surface area contributed by atoms with E-state index >= 15 is 0 Å². The zero-order valence-corrected chi connectivity index (χ0v) is 5.76. The van der Waals surface area contributed by atoms with Gasteiger partial charge in [0.2, 0.25) is 0 Å². The first-order chi connectivity index (χ1) is 4.33. The van der Waals surface area contributed by atoms with Crippen molar-refractivity contribution < 1.29 is 4.79 Å². The summed E-state index contributed by atoms with van der Waals surface area (Å²) in [6, 6.07) is 0. The first-order valence-corrected chi connectivity index (χ1v) is 3.46. The monoisotopic (exact) mass is 124 g/mol. The molecule has 9 heavy (non-hydrogen) atoms. The zero-order valence-electron chi connectivity index (χ0n) is 5.76. The molecule has 0 aromatic carbocycles. The summed E-state index contributed by atoms with van der Waals surface area (Å²) in [5.41, 5.74) is 1.33.